The predicted octanol–water partition coefficient (Wildman–Crippen LogP) is 5.48. The normalized spacial score (nSPS) is 11.0. The van der Waals surface area contributed by atoms with Gasteiger partial charge < -0.3 is 0 Å². The molecule has 0 aliphatic carbocycles. The SMILES string of the molecule is CC(=O)N(c1nc(C=CC(=O)c2ccc(F)cc2)cs1)c1cccc(C)c1C. The van der Waals surface area contributed by atoms with Crippen LogP contribution in [-0.2, 0) is 4.79 Å². The molecule has 0 aliphatic heterocycles. The van der Waals surface area contributed by atoms with Crippen molar-refractivity contribution in [1.82, 2.24) is 4.98 Å². The van der Waals surface area contributed by atoms with Gasteiger partial charge >= 0.3 is 0 Å². The Morgan fingerprint density at radius 3 is 2.50 bits per heavy atom. The molecule has 142 valence electrons. The van der Waals surface area contributed by atoms with Gasteiger partial charge in [-0.15, -0.1) is 11.3 Å². The van der Waals surface area contributed by atoms with Crippen molar-refractivity contribution < 1.29 is 14.0 Å². The Hall–Kier alpha value is -3.12. The lowest BCUT2D eigenvalue weighted by atomic mass is 10.1. The second kappa shape index (κ2) is 8.27. The van der Waals surface area contributed by atoms with Crippen molar-refractivity contribution in [3.8, 4) is 0 Å². The van der Waals surface area contributed by atoms with Gasteiger partial charge in [-0.2, -0.15) is 0 Å². The zero-order chi connectivity index (χ0) is 20.3. The van der Waals surface area contributed by atoms with Gasteiger partial charge in [-0.25, -0.2) is 9.37 Å². The molecule has 0 spiro atoms. The number of allylic oxidation sites excluding steroid dienone is 1. The second-order valence-corrected chi connectivity index (χ2v) is 7.17. The highest BCUT2D eigenvalue weighted by atomic mass is 32.1. The van der Waals surface area contributed by atoms with Crippen LogP contribution in [-0.4, -0.2) is 16.7 Å². The lowest BCUT2D eigenvalue weighted by Crippen LogP contribution is -2.23. The Morgan fingerprint density at radius 1 is 1.11 bits per heavy atom. The number of benzene rings is 2. The summed E-state index contributed by atoms with van der Waals surface area (Å²) in [7, 11) is 0. The van der Waals surface area contributed by atoms with Gasteiger partial charge in [0.2, 0.25) is 5.91 Å². The summed E-state index contributed by atoms with van der Waals surface area (Å²) in [4.78, 5) is 30.5. The second-order valence-electron chi connectivity index (χ2n) is 6.33. The zero-order valence-corrected chi connectivity index (χ0v) is 16.6. The summed E-state index contributed by atoms with van der Waals surface area (Å²) < 4.78 is 13.0. The minimum atomic E-state index is -0.388. The molecule has 1 heterocycles. The van der Waals surface area contributed by atoms with Gasteiger partial charge in [0, 0.05) is 17.9 Å². The van der Waals surface area contributed by atoms with Crippen molar-refractivity contribution in [1.29, 1.82) is 0 Å². The van der Waals surface area contributed by atoms with E-state index in [2.05, 4.69) is 4.98 Å². The van der Waals surface area contributed by atoms with Gasteiger partial charge in [0.1, 0.15) is 5.82 Å². The van der Waals surface area contributed by atoms with Crippen LogP contribution in [0.1, 0.15) is 34.1 Å². The number of ketones is 1. The number of aryl methyl sites for hydroxylation is 1. The number of carbonyl (C=O) groups excluding carboxylic acids is 2. The Morgan fingerprint density at radius 2 is 1.82 bits per heavy atom. The fourth-order valence-corrected chi connectivity index (χ4v) is 3.56. The van der Waals surface area contributed by atoms with Crippen molar-refractivity contribution in [2.24, 2.45) is 0 Å². The van der Waals surface area contributed by atoms with E-state index in [0.717, 1.165) is 16.8 Å². The number of aromatic nitrogens is 1. The van der Waals surface area contributed by atoms with Crippen LogP contribution in [0.15, 0.2) is 53.9 Å². The molecule has 1 aromatic heterocycles. The summed E-state index contributed by atoms with van der Waals surface area (Å²) in [5.74, 6) is -0.770. The molecule has 0 N–H and O–H groups in total. The molecular formula is C22H19FN2O2S. The number of hydrogen-bond donors (Lipinski definition) is 0. The summed E-state index contributed by atoms with van der Waals surface area (Å²) >= 11 is 1.33. The number of anilines is 2. The van der Waals surface area contributed by atoms with Crippen LogP contribution in [0.3, 0.4) is 0 Å². The maximum atomic E-state index is 13.0. The first-order valence-electron chi connectivity index (χ1n) is 8.67. The van der Waals surface area contributed by atoms with Crippen molar-refractivity contribution in [2.45, 2.75) is 20.8 Å². The first kappa shape index (κ1) is 19.6. The summed E-state index contributed by atoms with van der Waals surface area (Å²) in [6.07, 6.45) is 2.98. The summed E-state index contributed by atoms with van der Waals surface area (Å²) in [5, 5.41) is 2.32. The fourth-order valence-electron chi connectivity index (χ4n) is 2.71. The van der Waals surface area contributed by atoms with Gasteiger partial charge in [0.25, 0.3) is 0 Å². The van der Waals surface area contributed by atoms with E-state index < -0.39 is 0 Å². The van der Waals surface area contributed by atoms with Gasteiger partial charge in [0.05, 0.1) is 11.4 Å². The van der Waals surface area contributed by atoms with Gasteiger partial charge in [0.15, 0.2) is 10.9 Å². The van der Waals surface area contributed by atoms with Crippen LogP contribution in [0, 0.1) is 19.7 Å². The number of rotatable bonds is 5. The maximum Gasteiger partial charge on any atom is 0.230 e. The molecule has 0 saturated heterocycles. The van der Waals surface area contributed by atoms with Crippen LogP contribution in [0.25, 0.3) is 6.08 Å². The first-order chi connectivity index (χ1) is 13.4. The molecule has 1 amide bonds. The molecule has 0 unspecified atom stereocenters. The van der Waals surface area contributed by atoms with Crippen LogP contribution in [0.2, 0.25) is 0 Å². The Labute approximate surface area is 167 Å². The highest BCUT2D eigenvalue weighted by Gasteiger charge is 2.19. The summed E-state index contributed by atoms with van der Waals surface area (Å²) in [5.41, 5.74) is 3.86. The van der Waals surface area contributed by atoms with Crippen molar-refractivity contribution in [3.05, 3.63) is 82.1 Å². The minimum Gasteiger partial charge on any atom is -0.289 e. The quantitative estimate of drug-likeness (QED) is 0.425. The summed E-state index contributed by atoms with van der Waals surface area (Å²) in [6, 6.07) is 11.2. The lowest BCUT2D eigenvalue weighted by Gasteiger charge is -2.21. The van der Waals surface area contributed by atoms with Gasteiger partial charge in [-0.05, 0) is 67.5 Å². The van der Waals surface area contributed by atoms with E-state index in [-0.39, 0.29) is 17.5 Å². The molecule has 3 rings (SSSR count). The molecule has 6 heteroatoms. The molecule has 0 saturated carbocycles. The largest absolute Gasteiger partial charge is 0.289 e. The standard InChI is InChI=1S/C22H19FN2O2S/c1-14-5-4-6-20(15(14)2)25(16(3)26)22-24-19(13-28-22)11-12-21(27)17-7-9-18(23)10-8-17/h4-13H,1-3H3. The highest BCUT2D eigenvalue weighted by molar-refractivity contribution is 7.14. The van der Waals surface area contributed by atoms with E-state index in [0.29, 0.717) is 16.4 Å². The topological polar surface area (TPSA) is 50.3 Å². The van der Waals surface area contributed by atoms with E-state index in [4.69, 9.17) is 0 Å². The molecule has 0 bridgehead atoms. The fraction of sp³-hybridized carbons (Fsp3) is 0.136. The van der Waals surface area contributed by atoms with Crippen LogP contribution in [0.5, 0.6) is 0 Å². The van der Waals surface area contributed by atoms with Crippen molar-refractivity contribution in [3.63, 3.8) is 0 Å². The van der Waals surface area contributed by atoms with Crippen LogP contribution < -0.4 is 4.90 Å². The van der Waals surface area contributed by atoms with E-state index in [9.17, 15) is 14.0 Å². The highest BCUT2D eigenvalue weighted by Crippen LogP contribution is 2.32. The third-order valence-corrected chi connectivity index (χ3v) is 5.21. The molecule has 3 aromatic rings. The van der Waals surface area contributed by atoms with Gasteiger partial charge in [-0.1, -0.05) is 12.1 Å². The number of thiazole rings is 1. The number of halogens is 1. The minimum absolute atomic E-state index is 0.138. The number of carbonyl (C=O) groups is 2. The third-order valence-electron chi connectivity index (χ3n) is 4.37. The Kier molecular flexibility index (Phi) is 5.80. The van der Waals surface area contributed by atoms with Crippen molar-refractivity contribution in [2.75, 3.05) is 4.90 Å². The lowest BCUT2D eigenvalue weighted by molar-refractivity contribution is -0.115. The average molecular weight is 394 g/mol. The number of amides is 1. The smallest absolute Gasteiger partial charge is 0.230 e. The third kappa shape index (κ3) is 4.23. The molecule has 2 aromatic carbocycles. The summed E-state index contributed by atoms with van der Waals surface area (Å²) in [6.45, 7) is 5.46. The van der Waals surface area contributed by atoms with E-state index in [1.807, 2.05) is 32.0 Å². The molecule has 0 aliphatic rings. The molecule has 4 nitrogen and oxygen atoms in total. The molecule has 0 fully saturated rings. The van der Waals surface area contributed by atoms with E-state index in [1.165, 1.54) is 48.6 Å². The Bertz CT molecular complexity index is 1050. The average Bonchev–Trinajstić information content (AvgIpc) is 3.12. The molecule has 0 radical (unpaired) electrons. The van der Waals surface area contributed by atoms with Crippen LogP contribution in [0.4, 0.5) is 15.2 Å². The van der Waals surface area contributed by atoms with Crippen molar-refractivity contribution >= 4 is 39.9 Å². The van der Waals surface area contributed by atoms with Crippen LogP contribution >= 0.6 is 11.3 Å². The number of hydrogen-bond acceptors (Lipinski definition) is 4. The molecule has 28 heavy (non-hydrogen) atoms. The monoisotopic (exact) mass is 394 g/mol. The molecular weight excluding hydrogens is 375 g/mol. The van der Waals surface area contributed by atoms with E-state index >= 15 is 0 Å². The predicted molar refractivity (Wildman–Crippen MR) is 111 cm³/mol. The zero-order valence-electron chi connectivity index (χ0n) is 15.8. The Balaban J connectivity index is 1.85. The maximum absolute atomic E-state index is 13.0. The van der Waals surface area contributed by atoms with Gasteiger partial charge in [-0.3, -0.25) is 14.5 Å². The number of nitrogens with zero attached hydrogens (tertiary/aromatic N) is 2. The van der Waals surface area contributed by atoms with E-state index in [1.54, 1.807) is 16.4 Å². The first-order valence-corrected chi connectivity index (χ1v) is 9.55. The molecule has 0 atom stereocenters.